The molecule has 0 radical (unpaired) electrons. The van der Waals surface area contributed by atoms with Crippen molar-refractivity contribution in [2.45, 2.75) is 49.5 Å². The van der Waals surface area contributed by atoms with E-state index in [0.29, 0.717) is 19.4 Å². The Hall–Kier alpha value is -0.910. The maximum atomic E-state index is 12.9. The fourth-order valence-corrected chi connectivity index (χ4v) is 4.50. The molecule has 0 aromatic rings. The van der Waals surface area contributed by atoms with Crippen LogP contribution >= 0.6 is 0 Å². The molecule has 4 aliphatic heterocycles. The first-order valence-electron chi connectivity index (χ1n) is 6.27. The van der Waals surface area contributed by atoms with Gasteiger partial charge in [-0.05, 0) is 5.57 Å². The number of quaternary nitrogens is 1. The third-order valence-corrected chi connectivity index (χ3v) is 5.12. The van der Waals surface area contributed by atoms with Crippen LogP contribution in [0.5, 0.6) is 0 Å². The van der Waals surface area contributed by atoms with Gasteiger partial charge < -0.3 is 19.7 Å². The predicted octanol–water partition coefficient (Wildman–Crippen LogP) is 0.222. The van der Waals surface area contributed by atoms with Crippen molar-refractivity contribution >= 4 is 5.97 Å². The minimum absolute atomic E-state index is 0.178. The number of esters is 1. The lowest BCUT2D eigenvalue weighted by molar-refractivity contribution is -0.937. The summed E-state index contributed by atoms with van der Waals surface area (Å²) in [7, 11) is 0. The fourth-order valence-electron chi connectivity index (χ4n) is 4.50. The lowest BCUT2D eigenvalue weighted by Crippen LogP contribution is -2.75. The minimum Gasteiger partial charge on any atom is -0.632 e. The van der Waals surface area contributed by atoms with Crippen LogP contribution in [0.15, 0.2) is 11.6 Å². The summed E-state index contributed by atoms with van der Waals surface area (Å²) in [4.78, 5) is 11.5. The van der Waals surface area contributed by atoms with Crippen molar-refractivity contribution < 1.29 is 19.3 Å². The first-order chi connectivity index (χ1) is 8.06. The van der Waals surface area contributed by atoms with Gasteiger partial charge in [0.05, 0.1) is 6.54 Å². The summed E-state index contributed by atoms with van der Waals surface area (Å²) in [5.41, 5.74) is 0.179. The summed E-state index contributed by atoms with van der Waals surface area (Å²) in [6.07, 6.45) is 3.52. The van der Waals surface area contributed by atoms with Crippen molar-refractivity contribution in [3.63, 3.8) is 0 Å². The summed E-state index contributed by atoms with van der Waals surface area (Å²) in [5, 5.41) is 23.0. The molecule has 17 heavy (non-hydrogen) atoms. The molecule has 0 aromatic heterocycles. The number of aliphatic hydroxyl groups is 1. The third-order valence-electron chi connectivity index (χ3n) is 5.12. The summed E-state index contributed by atoms with van der Waals surface area (Å²) < 4.78 is 5.14. The van der Waals surface area contributed by atoms with E-state index >= 15 is 0 Å². The lowest BCUT2D eigenvalue weighted by atomic mass is 9.67. The second-order valence-corrected chi connectivity index (χ2v) is 5.76. The van der Waals surface area contributed by atoms with E-state index in [1.165, 1.54) is 0 Å². The van der Waals surface area contributed by atoms with Crippen LogP contribution in [0.4, 0.5) is 0 Å². The van der Waals surface area contributed by atoms with Crippen LogP contribution in [0.25, 0.3) is 0 Å². The van der Waals surface area contributed by atoms with Gasteiger partial charge in [0.25, 0.3) is 0 Å². The number of hydrogen-bond donors (Lipinski definition) is 1. The van der Waals surface area contributed by atoms with Crippen LogP contribution in [0.1, 0.15) is 25.7 Å². The monoisotopic (exact) mass is 237 g/mol. The van der Waals surface area contributed by atoms with E-state index in [2.05, 4.69) is 0 Å². The minimum atomic E-state index is -0.774. The highest BCUT2D eigenvalue weighted by molar-refractivity contribution is 5.87. The molecule has 2 bridgehead atoms. The Balaban J connectivity index is 1.90. The topological polar surface area (TPSA) is 69.6 Å². The number of ether oxygens (including phenoxy) is 1. The maximum Gasteiger partial charge on any atom is 0.331 e. The van der Waals surface area contributed by atoms with Gasteiger partial charge >= 0.3 is 5.97 Å². The average Bonchev–Trinajstić information content (AvgIpc) is 2.77. The van der Waals surface area contributed by atoms with Crippen molar-refractivity contribution in [3.8, 4) is 0 Å². The maximum absolute atomic E-state index is 12.9. The Kier molecular flexibility index (Phi) is 1.62. The summed E-state index contributed by atoms with van der Waals surface area (Å²) in [5.74, 6) is -0.340. The first kappa shape index (κ1) is 10.1. The number of hydroxylamine groups is 3. The van der Waals surface area contributed by atoms with Crippen molar-refractivity contribution in [2.24, 2.45) is 0 Å². The van der Waals surface area contributed by atoms with Crippen molar-refractivity contribution in [1.29, 1.82) is 0 Å². The Labute approximate surface area is 98.8 Å². The molecule has 1 saturated carbocycles. The number of carbonyl (C=O) groups excluding carboxylic acids is 1. The number of hydrogen-bond acceptors (Lipinski definition) is 4. The Morgan fingerprint density at radius 1 is 1.59 bits per heavy atom. The number of carbonyl (C=O) groups is 1. The Bertz CT molecular complexity index is 448. The summed E-state index contributed by atoms with van der Waals surface area (Å²) >= 11 is 0. The molecule has 5 atom stereocenters. The van der Waals surface area contributed by atoms with Crippen LogP contribution in [0.2, 0.25) is 0 Å². The van der Waals surface area contributed by atoms with Gasteiger partial charge in [0.2, 0.25) is 0 Å². The standard InChI is InChI=1S/C12H15NO4/c14-9-6-12-7(5-11(15)17-12)4-8(9)13(16)3-1-2-10(12)13/h5,8-10,14H,1-4,6H2/t8-,9+,10?,12+,13?/m0/s1. The second kappa shape index (κ2) is 2.74. The van der Waals surface area contributed by atoms with Crippen LogP contribution < -0.4 is 0 Å². The molecular formula is C12H15NO4. The molecule has 5 rings (SSSR count). The molecule has 92 valence electrons. The summed E-state index contributed by atoms with van der Waals surface area (Å²) in [6.45, 7) is 0.555. The quantitative estimate of drug-likeness (QED) is 0.372. The molecule has 1 aliphatic carbocycles. The van der Waals surface area contributed by atoms with Gasteiger partial charge in [0, 0.05) is 31.8 Å². The lowest BCUT2D eigenvalue weighted by Gasteiger charge is -2.64. The summed E-state index contributed by atoms with van der Waals surface area (Å²) in [6, 6.07) is -0.465. The first-order valence-corrected chi connectivity index (χ1v) is 6.27. The van der Waals surface area contributed by atoms with Crippen molar-refractivity contribution in [3.05, 3.63) is 16.9 Å². The highest BCUT2D eigenvalue weighted by Gasteiger charge is 2.69. The SMILES string of the molecule is O=C1C=C2C[C@H]3[C@H](O)C[C@]2(O1)C1CCC[N+]13[O-]. The molecule has 0 amide bonds. The second-order valence-electron chi connectivity index (χ2n) is 5.76. The molecule has 4 fully saturated rings. The highest BCUT2D eigenvalue weighted by Crippen LogP contribution is 2.57. The van der Waals surface area contributed by atoms with E-state index in [9.17, 15) is 15.1 Å². The van der Waals surface area contributed by atoms with Crippen LogP contribution in [0, 0.1) is 5.21 Å². The van der Waals surface area contributed by atoms with Crippen LogP contribution in [-0.4, -0.2) is 46.1 Å². The molecule has 0 aromatic carbocycles. The van der Waals surface area contributed by atoms with Gasteiger partial charge in [-0.2, -0.15) is 0 Å². The zero-order chi connectivity index (χ0) is 11.8. The van der Waals surface area contributed by atoms with E-state index in [1.807, 2.05) is 0 Å². The van der Waals surface area contributed by atoms with E-state index in [0.717, 1.165) is 18.4 Å². The van der Waals surface area contributed by atoms with E-state index in [1.54, 1.807) is 6.08 Å². The fraction of sp³-hybridized carbons (Fsp3) is 0.750. The number of piperidine rings is 2. The van der Waals surface area contributed by atoms with Crippen molar-refractivity contribution in [2.75, 3.05) is 6.54 Å². The Morgan fingerprint density at radius 3 is 3.24 bits per heavy atom. The molecule has 2 unspecified atom stereocenters. The van der Waals surface area contributed by atoms with Gasteiger partial charge in [-0.15, -0.1) is 0 Å². The van der Waals surface area contributed by atoms with E-state index < -0.39 is 11.7 Å². The number of rotatable bonds is 0. The zero-order valence-electron chi connectivity index (χ0n) is 9.46. The molecule has 1 N–H and O–H groups in total. The normalized spacial score (nSPS) is 55.3. The molecular weight excluding hydrogens is 222 g/mol. The van der Waals surface area contributed by atoms with Gasteiger partial charge in [0.15, 0.2) is 5.60 Å². The molecule has 4 heterocycles. The molecule has 1 spiro atoms. The number of fused-ring (bicyclic) bond motifs is 1. The van der Waals surface area contributed by atoms with Gasteiger partial charge in [-0.25, -0.2) is 4.79 Å². The highest BCUT2D eigenvalue weighted by atomic mass is 16.6. The van der Waals surface area contributed by atoms with E-state index in [4.69, 9.17) is 4.74 Å². The zero-order valence-corrected chi connectivity index (χ0v) is 9.46. The van der Waals surface area contributed by atoms with Crippen LogP contribution in [-0.2, 0) is 9.53 Å². The Morgan fingerprint density at radius 2 is 2.41 bits per heavy atom. The molecule has 3 saturated heterocycles. The molecule has 5 aliphatic rings. The number of aliphatic hydroxyl groups excluding tert-OH is 1. The smallest absolute Gasteiger partial charge is 0.331 e. The van der Waals surface area contributed by atoms with Crippen molar-refractivity contribution in [1.82, 2.24) is 0 Å². The van der Waals surface area contributed by atoms with Gasteiger partial charge in [-0.1, -0.05) is 0 Å². The third kappa shape index (κ3) is 0.953. The predicted molar refractivity (Wildman–Crippen MR) is 57.5 cm³/mol. The molecule has 5 nitrogen and oxygen atoms in total. The average molecular weight is 237 g/mol. The number of nitrogens with zero attached hydrogens (tertiary/aromatic N) is 1. The van der Waals surface area contributed by atoms with Crippen LogP contribution in [0.3, 0.4) is 0 Å². The van der Waals surface area contributed by atoms with E-state index in [-0.39, 0.29) is 22.7 Å². The van der Waals surface area contributed by atoms with Gasteiger partial charge in [-0.3, -0.25) is 0 Å². The van der Waals surface area contributed by atoms with Gasteiger partial charge in [0.1, 0.15) is 18.2 Å². The molecule has 5 heteroatoms. The largest absolute Gasteiger partial charge is 0.632 e.